The van der Waals surface area contributed by atoms with Crippen LogP contribution in [0.4, 0.5) is 0 Å². The summed E-state index contributed by atoms with van der Waals surface area (Å²) < 4.78 is 0. The predicted octanol–water partition coefficient (Wildman–Crippen LogP) is 1.44. The monoisotopic (exact) mass is 294 g/mol. The smallest absolute Gasteiger partial charge is 0.251 e. The number of aromatic nitrogens is 2. The van der Waals surface area contributed by atoms with Crippen LogP contribution in [0.15, 0.2) is 48.8 Å². The third kappa shape index (κ3) is 2.67. The van der Waals surface area contributed by atoms with Crippen molar-refractivity contribution >= 4 is 22.8 Å². The minimum absolute atomic E-state index is 0.180. The molecule has 0 radical (unpaired) electrons. The molecule has 22 heavy (non-hydrogen) atoms. The fourth-order valence-corrected chi connectivity index (χ4v) is 2.31. The van der Waals surface area contributed by atoms with Crippen LogP contribution in [0.1, 0.15) is 10.4 Å². The molecule has 0 fully saturated rings. The number of carbonyl (C=O) groups excluding carboxylic acids is 2. The summed E-state index contributed by atoms with van der Waals surface area (Å²) in [5.41, 5.74) is 8.17. The average Bonchev–Trinajstić information content (AvgIpc) is 3.01. The van der Waals surface area contributed by atoms with E-state index in [1.54, 1.807) is 24.4 Å². The summed E-state index contributed by atoms with van der Waals surface area (Å²) in [5, 5.41) is 3.46. The van der Waals surface area contributed by atoms with Crippen LogP contribution < -0.4 is 11.1 Å². The van der Waals surface area contributed by atoms with Crippen LogP contribution in [-0.2, 0) is 4.79 Å². The van der Waals surface area contributed by atoms with Gasteiger partial charge in [-0.2, -0.15) is 0 Å². The Morgan fingerprint density at radius 2 is 2.09 bits per heavy atom. The van der Waals surface area contributed by atoms with Crippen LogP contribution in [0.3, 0.4) is 0 Å². The molecule has 0 unspecified atom stereocenters. The van der Waals surface area contributed by atoms with Gasteiger partial charge in [-0.1, -0.05) is 12.1 Å². The van der Waals surface area contributed by atoms with Crippen LogP contribution in [0.2, 0.25) is 0 Å². The molecular weight excluding hydrogens is 280 g/mol. The lowest BCUT2D eigenvalue weighted by Crippen LogP contribution is -2.33. The first-order chi connectivity index (χ1) is 10.6. The normalized spacial score (nSPS) is 10.5. The fraction of sp³-hybridized carbons (Fsp3) is 0.0625. The Morgan fingerprint density at radius 3 is 2.91 bits per heavy atom. The van der Waals surface area contributed by atoms with E-state index in [2.05, 4.69) is 15.3 Å². The van der Waals surface area contributed by atoms with Crippen LogP contribution >= 0.6 is 0 Å². The van der Waals surface area contributed by atoms with Crippen molar-refractivity contribution in [3.8, 4) is 11.1 Å². The second-order valence-electron chi connectivity index (χ2n) is 4.83. The molecule has 0 saturated heterocycles. The molecule has 4 N–H and O–H groups in total. The maximum Gasteiger partial charge on any atom is 0.251 e. The number of hydrogen-bond acceptors (Lipinski definition) is 3. The molecule has 0 bridgehead atoms. The second-order valence-corrected chi connectivity index (χ2v) is 4.83. The van der Waals surface area contributed by atoms with Crippen LogP contribution in [0.5, 0.6) is 0 Å². The quantitative estimate of drug-likeness (QED) is 0.678. The van der Waals surface area contributed by atoms with Crippen LogP contribution in [0, 0.1) is 0 Å². The van der Waals surface area contributed by atoms with Gasteiger partial charge in [-0.25, -0.2) is 4.98 Å². The maximum atomic E-state index is 12.0. The Bertz CT molecular complexity index is 854. The zero-order valence-electron chi connectivity index (χ0n) is 11.7. The summed E-state index contributed by atoms with van der Waals surface area (Å²) >= 11 is 0. The van der Waals surface area contributed by atoms with Crippen LogP contribution in [-0.4, -0.2) is 28.3 Å². The molecular formula is C16H14N4O2. The zero-order valence-corrected chi connectivity index (χ0v) is 11.7. The van der Waals surface area contributed by atoms with Crippen molar-refractivity contribution < 1.29 is 9.59 Å². The number of amides is 2. The number of hydrogen-bond donors (Lipinski definition) is 3. The Hall–Kier alpha value is -3.15. The summed E-state index contributed by atoms with van der Waals surface area (Å²) in [6.07, 6.45) is 3.54. The van der Waals surface area contributed by atoms with Crippen molar-refractivity contribution in [2.45, 2.75) is 0 Å². The van der Waals surface area contributed by atoms with Crippen molar-refractivity contribution in [3.05, 3.63) is 54.4 Å². The molecule has 6 heteroatoms. The Balaban J connectivity index is 1.96. The molecule has 0 aliphatic heterocycles. The topological polar surface area (TPSA) is 101 Å². The highest BCUT2D eigenvalue weighted by atomic mass is 16.2. The molecule has 0 saturated carbocycles. The number of aromatic amines is 1. The Kier molecular flexibility index (Phi) is 3.57. The van der Waals surface area contributed by atoms with Crippen molar-refractivity contribution in [1.82, 2.24) is 15.3 Å². The first-order valence-electron chi connectivity index (χ1n) is 6.74. The van der Waals surface area contributed by atoms with Gasteiger partial charge in [0.05, 0.1) is 6.54 Å². The number of benzene rings is 1. The lowest BCUT2D eigenvalue weighted by Gasteiger charge is -2.07. The summed E-state index contributed by atoms with van der Waals surface area (Å²) in [5.74, 6) is -0.910. The molecule has 2 amide bonds. The van der Waals surface area contributed by atoms with E-state index >= 15 is 0 Å². The molecule has 0 atom stereocenters. The van der Waals surface area contributed by atoms with Gasteiger partial charge in [-0.15, -0.1) is 0 Å². The van der Waals surface area contributed by atoms with Crippen molar-refractivity contribution in [2.75, 3.05) is 6.54 Å². The summed E-state index contributed by atoms with van der Waals surface area (Å²) in [6, 6.07) is 11.0. The van der Waals surface area contributed by atoms with E-state index < -0.39 is 5.91 Å². The standard InChI is InChI=1S/C16H14N4O2/c17-14(21)9-20-16(22)11-3-1-2-10(8-11)12-4-6-18-15-13(12)5-7-19-15/h1-8H,9H2,(H2,17,21)(H,18,19)(H,20,22). The highest BCUT2D eigenvalue weighted by Gasteiger charge is 2.10. The number of rotatable bonds is 4. The van der Waals surface area contributed by atoms with E-state index in [0.29, 0.717) is 5.56 Å². The first kappa shape index (κ1) is 13.8. The lowest BCUT2D eigenvalue weighted by atomic mass is 10.0. The molecule has 0 spiro atoms. The molecule has 0 aliphatic carbocycles. The number of pyridine rings is 1. The number of carbonyl (C=O) groups is 2. The van der Waals surface area contributed by atoms with E-state index in [-0.39, 0.29) is 12.5 Å². The highest BCUT2D eigenvalue weighted by molar-refractivity contribution is 5.99. The average molecular weight is 294 g/mol. The number of primary amides is 1. The predicted molar refractivity (Wildman–Crippen MR) is 83.1 cm³/mol. The summed E-state index contributed by atoms with van der Waals surface area (Å²) in [6.45, 7) is -0.180. The minimum atomic E-state index is -0.576. The fourth-order valence-electron chi connectivity index (χ4n) is 2.31. The zero-order chi connectivity index (χ0) is 15.5. The molecule has 110 valence electrons. The number of nitrogens with one attached hydrogen (secondary N) is 2. The molecule has 6 nitrogen and oxygen atoms in total. The van der Waals surface area contributed by atoms with Gasteiger partial charge >= 0.3 is 0 Å². The maximum absolute atomic E-state index is 12.0. The largest absolute Gasteiger partial charge is 0.368 e. The van der Waals surface area contributed by atoms with Crippen LogP contribution in [0.25, 0.3) is 22.2 Å². The Morgan fingerprint density at radius 1 is 1.23 bits per heavy atom. The number of nitrogens with two attached hydrogens (primary N) is 1. The number of nitrogens with zero attached hydrogens (tertiary/aromatic N) is 1. The summed E-state index contributed by atoms with van der Waals surface area (Å²) in [7, 11) is 0. The van der Waals surface area contributed by atoms with E-state index in [1.165, 1.54) is 0 Å². The molecule has 0 aliphatic rings. The van der Waals surface area contributed by atoms with Crippen molar-refractivity contribution in [2.24, 2.45) is 5.73 Å². The highest BCUT2D eigenvalue weighted by Crippen LogP contribution is 2.27. The van der Waals surface area contributed by atoms with Gasteiger partial charge < -0.3 is 16.0 Å². The van der Waals surface area contributed by atoms with Crippen molar-refractivity contribution in [3.63, 3.8) is 0 Å². The molecule has 1 aromatic carbocycles. The third-order valence-corrected chi connectivity index (χ3v) is 3.32. The van der Waals surface area contributed by atoms with Gasteiger partial charge in [0.15, 0.2) is 0 Å². The van der Waals surface area contributed by atoms with Gasteiger partial charge in [0.25, 0.3) is 5.91 Å². The van der Waals surface area contributed by atoms with Gasteiger partial charge in [0.1, 0.15) is 5.65 Å². The Labute approximate surface area is 126 Å². The SMILES string of the molecule is NC(=O)CNC(=O)c1cccc(-c2ccnc3[nH]ccc23)c1. The molecule has 3 aromatic rings. The molecule has 2 aromatic heterocycles. The van der Waals surface area contributed by atoms with E-state index in [4.69, 9.17) is 5.73 Å². The van der Waals surface area contributed by atoms with Gasteiger partial charge in [-0.05, 0) is 35.4 Å². The van der Waals surface area contributed by atoms with Gasteiger partial charge in [-0.3, -0.25) is 9.59 Å². The summed E-state index contributed by atoms with van der Waals surface area (Å²) in [4.78, 5) is 30.1. The molecule has 2 heterocycles. The van der Waals surface area contributed by atoms with Gasteiger partial charge in [0, 0.05) is 23.3 Å². The number of H-pyrrole nitrogens is 1. The second kappa shape index (κ2) is 5.69. The lowest BCUT2D eigenvalue weighted by molar-refractivity contribution is -0.117. The third-order valence-electron chi connectivity index (χ3n) is 3.32. The van der Waals surface area contributed by atoms with E-state index in [0.717, 1.165) is 22.2 Å². The van der Waals surface area contributed by atoms with E-state index in [1.807, 2.05) is 24.4 Å². The van der Waals surface area contributed by atoms with Crippen molar-refractivity contribution in [1.29, 1.82) is 0 Å². The van der Waals surface area contributed by atoms with Gasteiger partial charge in [0.2, 0.25) is 5.91 Å². The first-order valence-corrected chi connectivity index (χ1v) is 6.74. The minimum Gasteiger partial charge on any atom is -0.368 e. The number of fused-ring (bicyclic) bond motifs is 1. The molecule has 3 rings (SSSR count). The van der Waals surface area contributed by atoms with E-state index in [9.17, 15) is 9.59 Å².